The lowest BCUT2D eigenvalue weighted by molar-refractivity contribution is -0.139. The van der Waals surface area contributed by atoms with Crippen LogP contribution in [0.25, 0.3) is 0 Å². The van der Waals surface area contributed by atoms with E-state index in [9.17, 15) is 4.79 Å². The van der Waals surface area contributed by atoms with Gasteiger partial charge in [-0.1, -0.05) is 0 Å². The summed E-state index contributed by atoms with van der Waals surface area (Å²) in [6, 6.07) is 0. The second kappa shape index (κ2) is 7.15. The van der Waals surface area contributed by atoms with Gasteiger partial charge in [0.15, 0.2) is 0 Å². The van der Waals surface area contributed by atoms with Crippen LogP contribution in [0, 0.1) is 0 Å². The summed E-state index contributed by atoms with van der Waals surface area (Å²) in [4.78, 5) is 13.9. The molecule has 1 aromatic rings. The second-order valence-electron chi connectivity index (χ2n) is 4.59. The first kappa shape index (κ1) is 13.9. The molecule has 2 rings (SSSR count). The third kappa shape index (κ3) is 4.25. The minimum Gasteiger partial charge on any atom is -0.374 e. The number of carbonyl (C=O) groups excluding carboxylic acids is 1. The largest absolute Gasteiger partial charge is 0.374 e. The number of carbonyl (C=O) groups is 1. The summed E-state index contributed by atoms with van der Waals surface area (Å²) in [5.41, 5.74) is 5.51. The van der Waals surface area contributed by atoms with Crippen molar-refractivity contribution < 1.29 is 9.53 Å². The Morgan fingerprint density at radius 2 is 2.42 bits per heavy atom. The van der Waals surface area contributed by atoms with E-state index in [0.717, 1.165) is 12.8 Å². The maximum Gasteiger partial charge on any atom is 0.222 e. The molecule has 19 heavy (non-hydrogen) atoms. The fourth-order valence-electron chi connectivity index (χ4n) is 2.14. The van der Waals surface area contributed by atoms with Crippen molar-refractivity contribution in [1.29, 1.82) is 0 Å². The number of hydrogen-bond acceptors (Lipinski definition) is 6. The van der Waals surface area contributed by atoms with Crippen LogP contribution in [0.5, 0.6) is 0 Å². The van der Waals surface area contributed by atoms with Gasteiger partial charge in [-0.3, -0.25) is 4.79 Å². The molecule has 0 aliphatic carbocycles. The number of amides is 1. The fourth-order valence-corrected chi connectivity index (χ4v) is 2.14. The van der Waals surface area contributed by atoms with Crippen molar-refractivity contribution in [1.82, 2.24) is 25.1 Å². The SMILES string of the molecule is NCC[C@H]1CN(C(=O)CCCn2cnnn2)CCO1. The van der Waals surface area contributed by atoms with Crippen molar-refractivity contribution in [3.63, 3.8) is 0 Å². The van der Waals surface area contributed by atoms with Crippen LogP contribution in [0.15, 0.2) is 6.33 Å². The molecule has 1 atom stereocenters. The van der Waals surface area contributed by atoms with Gasteiger partial charge >= 0.3 is 0 Å². The molecule has 8 heteroatoms. The van der Waals surface area contributed by atoms with Gasteiger partial charge in [0.2, 0.25) is 5.91 Å². The quantitative estimate of drug-likeness (QED) is 0.712. The first-order valence-corrected chi connectivity index (χ1v) is 6.60. The molecule has 2 heterocycles. The molecule has 1 amide bonds. The van der Waals surface area contributed by atoms with Crippen molar-refractivity contribution in [2.45, 2.75) is 31.9 Å². The average molecular weight is 268 g/mol. The fraction of sp³-hybridized carbons (Fsp3) is 0.818. The third-order valence-corrected chi connectivity index (χ3v) is 3.15. The minimum absolute atomic E-state index is 0.0854. The number of nitrogens with zero attached hydrogens (tertiary/aromatic N) is 5. The molecule has 0 saturated carbocycles. The van der Waals surface area contributed by atoms with E-state index < -0.39 is 0 Å². The molecule has 1 aliphatic heterocycles. The first-order chi connectivity index (χ1) is 9.29. The lowest BCUT2D eigenvalue weighted by Gasteiger charge is -2.33. The van der Waals surface area contributed by atoms with Gasteiger partial charge in [-0.25, -0.2) is 4.68 Å². The molecular weight excluding hydrogens is 248 g/mol. The standard InChI is InChI=1S/C11H20N6O2/c12-4-3-10-8-16(6-7-19-10)11(18)2-1-5-17-9-13-14-15-17/h9-10H,1-8,12H2/t10-/m0/s1. The van der Waals surface area contributed by atoms with E-state index in [4.69, 9.17) is 10.5 Å². The molecule has 8 nitrogen and oxygen atoms in total. The summed E-state index contributed by atoms with van der Waals surface area (Å²) in [6.07, 6.45) is 3.69. The van der Waals surface area contributed by atoms with Crippen LogP contribution in [0.4, 0.5) is 0 Å². The Kier molecular flexibility index (Phi) is 5.22. The van der Waals surface area contributed by atoms with E-state index in [1.165, 1.54) is 0 Å². The number of hydrogen-bond donors (Lipinski definition) is 1. The average Bonchev–Trinajstić information content (AvgIpc) is 2.92. The number of nitrogens with two attached hydrogens (primary N) is 1. The van der Waals surface area contributed by atoms with Gasteiger partial charge in [0.25, 0.3) is 0 Å². The summed E-state index contributed by atoms with van der Waals surface area (Å²) in [5, 5.41) is 10.9. The molecular formula is C11H20N6O2. The lowest BCUT2D eigenvalue weighted by Crippen LogP contribution is -2.46. The van der Waals surface area contributed by atoms with Crippen LogP contribution < -0.4 is 5.73 Å². The monoisotopic (exact) mass is 268 g/mol. The third-order valence-electron chi connectivity index (χ3n) is 3.15. The zero-order valence-electron chi connectivity index (χ0n) is 10.9. The minimum atomic E-state index is 0.0854. The van der Waals surface area contributed by atoms with Crippen LogP contribution >= 0.6 is 0 Å². The van der Waals surface area contributed by atoms with Crippen molar-refractivity contribution in [2.24, 2.45) is 5.73 Å². The summed E-state index contributed by atoms with van der Waals surface area (Å²) in [7, 11) is 0. The molecule has 2 N–H and O–H groups in total. The molecule has 106 valence electrons. The number of aromatic nitrogens is 4. The maximum absolute atomic E-state index is 12.1. The van der Waals surface area contributed by atoms with Gasteiger partial charge in [0, 0.05) is 26.1 Å². The van der Waals surface area contributed by atoms with Crippen LogP contribution in [0.2, 0.25) is 0 Å². The van der Waals surface area contributed by atoms with Gasteiger partial charge < -0.3 is 15.4 Å². The molecule has 1 fully saturated rings. The predicted octanol–water partition coefficient (Wildman–Crippen LogP) is -0.970. The number of morpholine rings is 1. The Morgan fingerprint density at radius 1 is 1.53 bits per heavy atom. The smallest absolute Gasteiger partial charge is 0.222 e. The van der Waals surface area contributed by atoms with Gasteiger partial charge in [-0.2, -0.15) is 0 Å². The van der Waals surface area contributed by atoms with Crippen LogP contribution in [0.3, 0.4) is 0 Å². The maximum atomic E-state index is 12.1. The topological polar surface area (TPSA) is 99.2 Å². The number of ether oxygens (including phenoxy) is 1. The zero-order valence-corrected chi connectivity index (χ0v) is 10.9. The number of rotatable bonds is 6. The molecule has 0 bridgehead atoms. The van der Waals surface area contributed by atoms with Gasteiger partial charge in [0.05, 0.1) is 12.7 Å². The Bertz CT molecular complexity index is 381. The molecule has 0 radical (unpaired) electrons. The van der Waals surface area contributed by atoms with E-state index in [2.05, 4.69) is 15.5 Å². The molecule has 0 spiro atoms. The van der Waals surface area contributed by atoms with E-state index in [1.54, 1.807) is 11.0 Å². The second-order valence-corrected chi connectivity index (χ2v) is 4.59. The highest BCUT2D eigenvalue weighted by Gasteiger charge is 2.23. The first-order valence-electron chi connectivity index (χ1n) is 6.60. The summed E-state index contributed by atoms with van der Waals surface area (Å²) in [5.74, 6) is 0.165. The lowest BCUT2D eigenvalue weighted by atomic mass is 10.2. The van der Waals surface area contributed by atoms with E-state index in [0.29, 0.717) is 39.2 Å². The van der Waals surface area contributed by atoms with Gasteiger partial charge in [-0.05, 0) is 29.8 Å². The van der Waals surface area contributed by atoms with Crippen molar-refractivity contribution in [3.05, 3.63) is 6.33 Å². The molecule has 1 saturated heterocycles. The van der Waals surface area contributed by atoms with E-state index in [-0.39, 0.29) is 12.0 Å². The summed E-state index contributed by atoms with van der Waals surface area (Å²) < 4.78 is 7.19. The molecule has 0 aromatic carbocycles. The van der Waals surface area contributed by atoms with Crippen molar-refractivity contribution in [2.75, 3.05) is 26.2 Å². The van der Waals surface area contributed by atoms with E-state index >= 15 is 0 Å². The Labute approximate surface area is 111 Å². The molecule has 1 aliphatic rings. The Balaban J connectivity index is 1.70. The number of tetrazole rings is 1. The Morgan fingerprint density at radius 3 is 3.16 bits per heavy atom. The predicted molar refractivity (Wildman–Crippen MR) is 67.0 cm³/mol. The van der Waals surface area contributed by atoms with Crippen LogP contribution in [0.1, 0.15) is 19.3 Å². The highest BCUT2D eigenvalue weighted by atomic mass is 16.5. The van der Waals surface area contributed by atoms with Gasteiger partial charge in [0.1, 0.15) is 6.33 Å². The van der Waals surface area contributed by atoms with Crippen molar-refractivity contribution in [3.8, 4) is 0 Å². The summed E-state index contributed by atoms with van der Waals surface area (Å²) in [6.45, 7) is 3.18. The zero-order chi connectivity index (χ0) is 13.5. The summed E-state index contributed by atoms with van der Waals surface area (Å²) >= 11 is 0. The molecule has 0 unspecified atom stereocenters. The van der Waals surface area contributed by atoms with Crippen molar-refractivity contribution >= 4 is 5.91 Å². The van der Waals surface area contributed by atoms with Crippen LogP contribution in [-0.2, 0) is 16.1 Å². The number of aryl methyl sites for hydroxylation is 1. The van der Waals surface area contributed by atoms with Crippen LogP contribution in [-0.4, -0.2) is 63.4 Å². The highest BCUT2D eigenvalue weighted by molar-refractivity contribution is 5.76. The molecule has 1 aromatic heterocycles. The van der Waals surface area contributed by atoms with E-state index in [1.807, 2.05) is 4.90 Å². The Hall–Kier alpha value is -1.54. The van der Waals surface area contributed by atoms with Gasteiger partial charge in [-0.15, -0.1) is 5.10 Å². The normalized spacial score (nSPS) is 19.6. The highest BCUT2D eigenvalue weighted by Crippen LogP contribution is 2.10.